The molecule has 6 heteroatoms. The Morgan fingerprint density at radius 3 is 2.19 bits per heavy atom. The molecule has 31 heavy (non-hydrogen) atoms. The maximum atomic E-state index is 13.0. The van der Waals surface area contributed by atoms with Crippen molar-refractivity contribution in [2.45, 2.75) is 65.8 Å². The van der Waals surface area contributed by atoms with E-state index in [-0.39, 0.29) is 47.2 Å². The fraction of sp³-hybridized carbons (Fsp3) is 0.560. The largest absolute Gasteiger partial charge is 0.478 e. The summed E-state index contributed by atoms with van der Waals surface area (Å²) in [4.78, 5) is 38.6. The van der Waals surface area contributed by atoms with E-state index in [9.17, 15) is 19.5 Å². The number of hydrogen-bond donors (Lipinski definition) is 2. The molecule has 0 aliphatic heterocycles. The molecule has 3 atom stereocenters. The Hall–Kier alpha value is -2.63. The van der Waals surface area contributed by atoms with Gasteiger partial charge < -0.3 is 15.3 Å². The van der Waals surface area contributed by atoms with E-state index in [1.165, 1.54) is 11.8 Å². The number of amides is 2. The molecule has 0 bridgehead atoms. The highest BCUT2D eigenvalue weighted by Crippen LogP contribution is 2.33. The van der Waals surface area contributed by atoms with Crippen LogP contribution in [-0.2, 0) is 19.8 Å². The summed E-state index contributed by atoms with van der Waals surface area (Å²) in [5.74, 6) is -1.61. The Bertz CT molecular complexity index is 786. The van der Waals surface area contributed by atoms with Crippen LogP contribution < -0.4 is 5.32 Å². The lowest BCUT2D eigenvalue weighted by Gasteiger charge is -2.34. The van der Waals surface area contributed by atoms with Crippen molar-refractivity contribution in [3.63, 3.8) is 0 Å². The summed E-state index contributed by atoms with van der Waals surface area (Å²) < 4.78 is 0. The van der Waals surface area contributed by atoms with Gasteiger partial charge in [-0.25, -0.2) is 4.79 Å². The smallest absolute Gasteiger partial charge is 0.331 e. The lowest BCUT2D eigenvalue weighted by atomic mass is 9.71. The van der Waals surface area contributed by atoms with Crippen LogP contribution >= 0.6 is 0 Å². The molecular formula is C25H38N2O4. The molecular weight excluding hydrogens is 392 g/mol. The molecule has 1 aromatic rings. The first-order chi connectivity index (χ1) is 14.5. The number of carbonyl (C=O) groups excluding carboxylic acids is 2. The fourth-order valence-electron chi connectivity index (χ4n) is 3.90. The molecule has 2 N–H and O–H groups in total. The topological polar surface area (TPSA) is 86.7 Å². The van der Waals surface area contributed by atoms with Crippen molar-refractivity contribution < 1.29 is 19.5 Å². The van der Waals surface area contributed by atoms with Gasteiger partial charge in [0.15, 0.2) is 0 Å². The second-order valence-corrected chi connectivity index (χ2v) is 8.80. The summed E-state index contributed by atoms with van der Waals surface area (Å²) in [5, 5.41) is 12.0. The monoisotopic (exact) mass is 430 g/mol. The van der Waals surface area contributed by atoms with Gasteiger partial charge in [0.05, 0.1) is 12.6 Å². The molecule has 0 spiro atoms. The van der Waals surface area contributed by atoms with Gasteiger partial charge in [0, 0.05) is 24.0 Å². The number of carbonyl (C=O) groups is 3. The number of benzene rings is 1. The first kappa shape index (κ1) is 26.4. The Balaban J connectivity index is 2.91. The predicted molar refractivity (Wildman–Crippen MR) is 124 cm³/mol. The van der Waals surface area contributed by atoms with Crippen LogP contribution in [0.3, 0.4) is 0 Å². The highest BCUT2D eigenvalue weighted by atomic mass is 16.4. The number of nitrogens with one attached hydrogen (secondary N) is 1. The molecule has 6 nitrogen and oxygen atoms in total. The van der Waals surface area contributed by atoms with Gasteiger partial charge in [-0.3, -0.25) is 9.59 Å². The third-order valence-corrected chi connectivity index (χ3v) is 6.35. The Labute approximate surface area is 186 Å². The van der Waals surface area contributed by atoms with Crippen LogP contribution in [0, 0.1) is 11.8 Å². The minimum atomic E-state index is -1.00. The van der Waals surface area contributed by atoms with Gasteiger partial charge in [0.1, 0.15) is 0 Å². The Morgan fingerprint density at radius 1 is 1.13 bits per heavy atom. The van der Waals surface area contributed by atoms with Crippen LogP contribution in [0.2, 0.25) is 0 Å². The zero-order chi connectivity index (χ0) is 23.8. The molecule has 0 aliphatic carbocycles. The minimum Gasteiger partial charge on any atom is -0.478 e. The summed E-state index contributed by atoms with van der Waals surface area (Å²) in [6.07, 6.45) is 3.05. The molecule has 1 rings (SSSR count). The van der Waals surface area contributed by atoms with Crippen molar-refractivity contribution in [1.82, 2.24) is 10.2 Å². The Kier molecular flexibility index (Phi) is 9.95. The molecule has 0 heterocycles. The molecule has 2 amide bonds. The molecule has 1 aromatic carbocycles. The normalized spacial score (nSPS) is 15.0. The average molecular weight is 431 g/mol. The number of carboxylic acids is 1. The van der Waals surface area contributed by atoms with Gasteiger partial charge in [-0.15, -0.1) is 0 Å². The van der Waals surface area contributed by atoms with E-state index in [0.29, 0.717) is 6.42 Å². The van der Waals surface area contributed by atoms with Gasteiger partial charge in [0.2, 0.25) is 11.8 Å². The van der Waals surface area contributed by atoms with E-state index in [0.717, 1.165) is 12.0 Å². The highest BCUT2D eigenvalue weighted by Gasteiger charge is 2.35. The van der Waals surface area contributed by atoms with Crippen LogP contribution in [0.1, 0.15) is 59.9 Å². The SMILES string of the molecule is CCC(C)[C@@H](/C=C(\C)C(=O)O)N(C)C(=O)CNC(=O)[C@@H](CC)C(C)(C)c1ccccc1. The summed E-state index contributed by atoms with van der Waals surface area (Å²) >= 11 is 0. The lowest BCUT2D eigenvalue weighted by Crippen LogP contribution is -2.48. The van der Waals surface area contributed by atoms with E-state index in [1.807, 2.05) is 65.0 Å². The third kappa shape index (κ3) is 6.94. The third-order valence-electron chi connectivity index (χ3n) is 6.35. The van der Waals surface area contributed by atoms with Crippen molar-refractivity contribution in [2.75, 3.05) is 13.6 Å². The van der Waals surface area contributed by atoms with Gasteiger partial charge in [-0.05, 0) is 24.8 Å². The maximum absolute atomic E-state index is 13.0. The molecule has 0 fully saturated rings. The quantitative estimate of drug-likeness (QED) is 0.519. The number of carboxylic acid groups (broad SMARTS) is 1. The summed E-state index contributed by atoms with van der Waals surface area (Å²) in [6.45, 7) is 11.4. The number of aliphatic carboxylic acids is 1. The van der Waals surface area contributed by atoms with Crippen molar-refractivity contribution >= 4 is 17.8 Å². The van der Waals surface area contributed by atoms with Crippen LogP contribution in [0.4, 0.5) is 0 Å². The second-order valence-electron chi connectivity index (χ2n) is 8.80. The van der Waals surface area contributed by atoms with Crippen molar-refractivity contribution in [2.24, 2.45) is 11.8 Å². The number of likely N-dealkylation sites (N-methyl/N-ethyl adjacent to an activating group) is 1. The van der Waals surface area contributed by atoms with Gasteiger partial charge >= 0.3 is 5.97 Å². The van der Waals surface area contributed by atoms with E-state index in [4.69, 9.17) is 0 Å². The van der Waals surface area contributed by atoms with Crippen LogP contribution in [-0.4, -0.2) is 47.4 Å². The number of rotatable bonds is 11. The summed E-state index contributed by atoms with van der Waals surface area (Å²) in [6, 6.07) is 9.55. The van der Waals surface area contributed by atoms with Gasteiger partial charge in [-0.2, -0.15) is 0 Å². The molecule has 0 saturated heterocycles. The first-order valence-corrected chi connectivity index (χ1v) is 11.0. The van der Waals surface area contributed by atoms with Crippen LogP contribution in [0.25, 0.3) is 0 Å². The standard InChI is InChI=1S/C25H38N2O4/c1-8-17(3)21(15-18(4)24(30)31)27(7)22(28)16-26-23(29)20(9-2)25(5,6)19-13-11-10-12-14-19/h10-15,17,20-21H,8-9,16H2,1-7H3,(H,26,29)(H,30,31)/b18-15+/t17?,20-,21-/m1/s1. The van der Waals surface area contributed by atoms with E-state index >= 15 is 0 Å². The lowest BCUT2D eigenvalue weighted by molar-refractivity contribution is -0.135. The molecule has 0 aliphatic rings. The molecule has 172 valence electrons. The first-order valence-electron chi connectivity index (χ1n) is 11.0. The zero-order valence-corrected chi connectivity index (χ0v) is 19.9. The van der Waals surface area contributed by atoms with Gasteiger partial charge in [-0.1, -0.05) is 77.4 Å². The van der Waals surface area contributed by atoms with Crippen molar-refractivity contribution in [3.8, 4) is 0 Å². The molecule has 0 radical (unpaired) electrons. The fourth-order valence-corrected chi connectivity index (χ4v) is 3.90. The zero-order valence-electron chi connectivity index (χ0n) is 19.9. The van der Waals surface area contributed by atoms with Crippen LogP contribution in [0.15, 0.2) is 42.0 Å². The summed E-state index contributed by atoms with van der Waals surface area (Å²) in [5.41, 5.74) is 0.895. The highest BCUT2D eigenvalue weighted by molar-refractivity contribution is 5.88. The molecule has 0 saturated carbocycles. The predicted octanol–water partition coefficient (Wildman–Crippen LogP) is 4.01. The maximum Gasteiger partial charge on any atom is 0.331 e. The van der Waals surface area contributed by atoms with Gasteiger partial charge in [0.25, 0.3) is 0 Å². The van der Waals surface area contributed by atoms with Crippen molar-refractivity contribution in [1.29, 1.82) is 0 Å². The average Bonchev–Trinajstić information content (AvgIpc) is 2.75. The minimum absolute atomic E-state index is 0.0827. The number of hydrogen-bond acceptors (Lipinski definition) is 3. The number of nitrogens with zero attached hydrogens (tertiary/aromatic N) is 1. The van der Waals surface area contributed by atoms with E-state index < -0.39 is 5.97 Å². The van der Waals surface area contributed by atoms with Crippen LogP contribution in [0.5, 0.6) is 0 Å². The second kappa shape index (κ2) is 11.7. The van der Waals surface area contributed by atoms with Crippen molar-refractivity contribution in [3.05, 3.63) is 47.5 Å². The molecule has 1 unspecified atom stereocenters. The summed E-state index contributed by atoms with van der Waals surface area (Å²) in [7, 11) is 1.65. The Morgan fingerprint density at radius 2 is 1.71 bits per heavy atom. The van der Waals surface area contributed by atoms with E-state index in [2.05, 4.69) is 5.32 Å². The molecule has 0 aromatic heterocycles. The van der Waals surface area contributed by atoms with E-state index in [1.54, 1.807) is 13.1 Å².